The number of hydrogen-bond donors (Lipinski definition) is 1. The lowest BCUT2D eigenvalue weighted by Crippen LogP contribution is -2.31. The number of methoxy groups -OCH3 is 1. The quantitative estimate of drug-likeness (QED) is 0.854. The van der Waals surface area contributed by atoms with Gasteiger partial charge in [0.05, 0.1) is 18.4 Å². The molecule has 2 aromatic rings. The van der Waals surface area contributed by atoms with Gasteiger partial charge in [0.1, 0.15) is 5.75 Å². The third-order valence-corrected chi connectivity index (χ3v) is 3.61. The summed E-state index contributed by atoms with van der Waals surface area (Å²) in [7, 11) is 1.30. The van der Waals surface area contributed by atoms with Crippen molar-refractivity contribution < 1.29 is 19.1 Å². The molecule has 1 unspecified atom stereocenters. The lowest BCUT2D eigenvalue weighted by Gasteiger charge is -2.17. The molecular formula is C19H21NO4. The van der Waals surface area contributed by atoms with Crippen LogP contribution < -0.4 is 10.1 Å². The summed E-state index contributed by atoms with van der Waals surface area (Å²) >= 11 is 0. The zero-order valence-electron chi connectivity index (χ0n) is 14.3. The zero-order valence-corrected chi connectivity index (χ0v) is 14.3. The fraction of sp³-hybridized carbons (Fsp3) is 0.263. The Morgan fingerprint density at radius 3 is 2.50 bits per heavy atom. The summed E-state index contributed by atoms with van der Waals surface area (Å²) in [6.45, 7) is 5.55. The number of aryl methyl sites for hydroxylation is 2. The molecule has 0 heterocycles. The Morgan fingerprint density at radius 2 is 1.79 bits per heavy atom. The van der Waals surface area contributed by atoms with Crippen LogP contribution in [0.25, 0.3) is 0 Å². The maximum atomic E-state index is 12.4. The Morgan fingerprint density at radius 1 is 1.08 bits per heavy atom. The largest absolute Gasteiger partial charge is 0.481 e. The molecule has 1 atom stereocenters. The van der Waals surface area contributed by atoms with Crippen LogP contribution in [0.1, 0.15) is 28.4 Å². The molecule has 1 N–H and O–H groups in total. The molecule has 0 aliphatic heterocycles. The van der Waals surface area contributed by atoms with Crippen molar-refractivity contribution in [3.63, 3.8) is 0 Å². The molecule has 0 aliphatic rings. The number of rotatable bonds is 5. The normalized spacial score (nSPS) is 11.5. The first-order valence-corrected chi connectivity index (χ1v) is 7.64. The molecular weight excluding hydrogens is 306 g/mol. The van der Waals surface area contributed by atoms with Crippen LogP contribution in [0, 0.1) is 13.8 Å². The van der Waals surface area contributed by atoms with E-state index < -0.39 is 12.1 Å². The second-order valence-electron chi connectivity index (χ2n) is 5.56. The Hall–Kier alpha value is -2.82. The van der Waals surface area contributed by atoms with E-state index in [4.69, 9.17) is 9.47 Å². The van der Waals surface area contributed by atoms with Crippen LogP contribution in [0.2, 0.25) is 0 Å². The number of carbonyl (C=O) groups excluding carboxylic acids is 2. The molecule has 5 nitrogen and oxygen atoms in total. The number of hydrogen-bond acceptors (Lipinski definition) is 4. The number of nitrogens with one attached hydrogen (secondary N) is 1. The van der Waals surface area contributed by atoms with Gasteiger partial charge in [-0.05, 0) is 50.1 Å². The summed E-state index contributed by atoms with van der Waals surface area (Å²) in [4.78, 5) is 24.1. The standard InChI is InChI=1S/C19H21NO4/c1-12-9-10-13(2)17(11-12)24-14(3)18(21)20-16-8-6-5-7-15(16)19(22)23-4/h5-11,14H,1-4H3,(H,20,21). The Kier molecular flexibility index (Phi) is 5.58. The highest BCUT2D eigenvalue weighted by atomic mass is 16.5. The highest BCUT2D eigenvalue weighted by Gasteiger charge is 2.19. The van der Waals surface area contributed by atoms with Crippen LogP contribution in [-0.2, 0) is 9.53 Å². The number of para-hydroxylation sites is 1. The average Bonchev–Trinajstić information content (AvgIpc) is 2.57. The Bertz CT molecular complexity index is 755. The third-order valence-electron chi connectivity index (χ3n) is 3.61. The molecule has 1 amide bonds. The van der Waals surface area contributed by atoms with Gasteiger partial charge in [0.15, 0.2) is 6.10 Å². The predicted molar refractivity (Wildman–Crippen MR) is 92.4 cm³/mol. The predicted octanol–water partition coefficient (Wildman–Crippen LogP) is 3.50. The molecule has 0 saturated carbocycles. The molecule has 0 aliphatic carbocycles. The van der Waals surface area contributed by atoms with E-state index in [1.807, 2.05) is 32.0 Å². The molecule has 2 aromatic carbocycles. The van der Waals surface area contributed by atoms with Crippen molar-refractivity contribution in [3.8, 4) is 5.75 Å². The molecule has 24 heavy (non-hydrogen) atoms. The Labute approximate surface area is 141 Å². The second-order valence-corrected chi connectivity index (χ2v) is 5.56. The van der Waals surface area contributed by atoms with Gasteiger partial charge in [-0.1, -0.05) is 24.3 Å². The maximum absolute atomic E-state index is 12.4. The number of benzene rings is 2. The molecule has 0 aromatic heterocycles. The number of esters is 1. The first-order valence-electron chi connectivity index (χ1n) is 7.64. The minimum absolute atomic E-state index is 0.298. The van der Waals surface area contributed by atoms with Crippen molar-refractivity contribution in [2.24, 2.45) is 0 Å². The molecule has 0 saturated heterocycles. The van der Waals surface area contributed by atoms with Crippen LogP contribution >= 0.6 is 0 Å². The molecule has 0 radical (unpaired) electrons. The van der Waals surface area contributed by atoms with Gasteiger partial charge < -0.3 is 14.8 Å². The Balaban J connectivity index is 2.12. The highest BCUT2D eigenvalue weighted by molar-refractivity contribution is 6.02. The van der Waals surface area contributed by atoms with Crippen molar-refractivity contribution in [1.82, 2.24) is 0 Å². The van der Waals surface area contributed by atoms with E-state index in [1.165, 1.54) is 7.11 Å². The summed E-state index contributed by atoms with van der Waals surface area (Å²) in [6, 6.07) is 12.5. The molecule has 0 bridgehead atoms. The lowest BCUT2D eigenvalue weighted by molar-refractivity contribution is -0.122. The number of anilines is 1. The summed E-state index contributed by atoms with van der Waals surface area (Å²) in [6.07, 6.45) is -0.712. The smallest absolute Gasteiger partial charge is 0.339 e. The van der Waals surface area contributed by atoms with E-state index in [0.29, 0.717) is 17.0 Å². The van der Waals surface area contributed by atoms with Gasteiger partial charge in [-0.15, -0.1) is 0 Å². The average molecular weight is 327 g/mol. The van der Waals surface area contributed by atoms with Gasteiger partial charge in [-0.2, -0.15) is 0 Å². The summed E-state index contributed by atoms with van der Waals surface area (Å²) < 4.78 is 10.5. The van der Waals surface area contributed by atoms with E-state index in [1.54, 1.807) is 31.2 Å². The first kappa shape index (κ1) is 17.5. The van der Waals surface area contributed by atoms with Gasteiger partial charge in [0.25, 0.3) is 5.91 Å². The van der Waals surface area contributed by atoms with Gasteiger partial charge in [0.2, 0.25) is 0 Å². The fourth-order valence-corrected chi connectivity index (χ4v) is 2.19. The lowest BCUT2D eigenvalue weighted by atomic mass is 10.1. The molecule has 5 heteroatoms. The molecule has 0 spiro atoms. The van der Waals surface area contributed by atoms with Gasteiger partial charge in [0, 0.05) is 0 Å². The van der Waals surface area contributed by atoms with E-state index >= 15 is 0 Å². The van der Waals surface area contributed by atoms with E-state index in [9.17, 15) is 9.59 Å². The fourth-order valence-electron chi connectivity index (χ4n) is 2.19. The van der Waals surface area contributed by atoms with Crippen LogP contribution in [0.3, 0.4) is 0 Å². The molecule has 126 valence electrons. The zero-order chi connectivity index (χ0) is 17.7. The van der Waals surface area contributed by atoms with Crippen molar-refractivity contribution >= 4 is 17.6 Å². The molecule has 2 rings (SSSR count). The van der Waals surface area contributed by atoms with Gasteiger partial charge in [-0.3, -0.25) is 4.79 Å². The minimum Gasteiger partial charge on any atom is -0.481 e. The first-order chi connectivity index (χ1) is 11.4. The second kappa shape index (κ2) is 7.64. The summed E-state index contributed by atoms with van der Waals surface area (Å²) in [5.74, 6) is -0.180. The van der Waals surface area contributed by atoms with Crippen LogP contribution in [0.15, 0.2) is 42.5 Å². The van der Waals surface area contributed by atoms with Crippen LogP contribution in [0.5, 0.6) is 5.75 Å². The number of ether oxygens (including phenoxy) is 2. The van der Waals surface area contributed by atoms with Crippen LogP contribution in [0.4, 0.5) is 5.69 Å². The number of carbonyl (C=O) groups is 2. The summed E-state index contributed by atoms with van der Waals surface area (Å²) in [5.41, 5.74) is 2.70. The topological polar surface area (TPSA) is 64.6 Å². The van der Waals surface area contributed by atoms with Crippen LogP contribution in [-0.4, -0.2) is 25.1 Å². The minimum atomic E-state index is -0.712. The monoisotopic (exact) mass is 327 g/mol. The van der Waals surface area contributed by atoms with Crippen molar-refractivity contribution in [1.29, 1.82) is 0 Å². The van der Waals surface area contributed by atoms with E-state index in [2.05, 4.69) is 5.32 Å². The van der Waals surface area contributed by atoms with E-state index in [0.717, 1.165) is 11.1 Å². The van der Waals surface area contributed by atoms with Gasteiger partial charge in [-0.25, -0.2) is 4.79 Å². The van der Waals surface area contributed by atoms with Crippen molar-refractivity contribution in [3.05, 3.63) is 59.2 Å². The SMILES string of the molecule is COC(=O)c1ccccc1NC(=O)C(C)Oc1cc(C)ccc1C. The maximum Gasteiger partial charge on any atom is 0.339 e. The van der Waals surface area contributed by atoms with Crippen molar-refractivity contribution in [2.45, 2.75) is 26.9 Å². The molecule has 0 fully saturated rings. The highest BCUT2D eigenvalue weighted by Crippen LogP contribution is 2.21. The van der Waals surface area contributed by atoms with Crippen molar-refractivity contribution in [2.75, 3.05) is 12.4 Å². The third kappa shape index (κ3) is 4.13. The summed E-state index contributed by atoms with van der Waals surface area (Å²) in [5, 5.41) is 2.72. The van der Waals surface area contributed by atoms with E-state index in [-0.39, 0.29) is 5.91 Å². The number of amides is 1. The van der Waals surface area contributed by atoms with Gasteiger partial charge >= 0.3 is 5.97 Å².